The lowest BCUT2D eigenvalue weighted by Gasteiger charge is -2.44. The largest absolute Gasteiger partial charge is 0.319 e. The van der Waals surface area contributed by atoms with Crippen LogP contribution in [0.3, 0.4) is 0 Å². The third-order valence-electron chi connectivity index (χ3n) is 3.43. The number of nitrogens with zero attached hydrogens (tertiary/aromatic N) is 2. The van der Waals surface area contributed by atoms with E-state index in [-0.39, 0.29) is 0 Å². The minimum Gasteiger partial charge on any atom is -0.319 e. The van der Waals surface area contributed by atoms with Crippen LogP contribution in [0.25, 0.3) is 0 Å². The summed E-state index contributed by atoms with van der Waals surface area (Å²) in [5.41, 5.74) is 5.50. The van der Waals surface area contributed by atoms with Gasteiger partial charge < -0.3 is 8.97 Å². The molecule has 0 bridgehead atoms. The van der Waals surface area contributed by atoms with Crippen molar-refractivity contribution in [3.8, 4) is 0 Å². The van der Waals surface area contributed by atoms with E-state index >= 15 is 0 Å². The maximum absolute atomic E-state index is 5.50. The molecule has 0 unspecified atom stereocenters. The molecular formula is C10H25N4+3. The highest BCUT2D eigenvalue weighted by Gasteiger charge is 2.34. The van der Waals surface area contributed by atoms with Crippen molar-refractivity contribution in [2.24, 2.45) is 5.73 Å². The first kappa shape index (κ1) is 11.5. The van der Waals surface area contributed by atoms with Crippen molar-refractivity contribution in [3.63, 3.8) is 0 Å². The molecule has 4 heteroatoms. The zero-order valence-corrected chi connectivity index (χ0v) is 9.79. The number of hydrogen-bond donors (Lipinski definition) is 2. The van der Waals surface area contributed by atoms with Gasteiger partial charge in [-0.05, 0) is 0 Å². The van der Waals surface area contributed by atoms with Crippen LogP contribution in [0, 0.1) is 0 Å². The van der Waals surface area contributed by atoms with Crippen molar-refractivity contribution in [2.75, 3.05) is 53.9 Å². The van der Waals surface area contributed by atoms with Crippen molar-refractivity contribution in [1.82, 2.24) is 0 Å². The van der Waals surface area contributed by atoms with Crippen LogP contribution >= 0.6 is 0 Å². The van der Waals surface area contributed by atoms with Gasteiger partial charge in [-0.15, -0.1) is 0 Å². The molecule has 4 nitrogen and oxygen atoms in total. The molecule has 0 saturated carbocycles. The Bertz CT molecular complexity index is 212. The van der Waals surface area contributed by atoms with Crippen LogP contribution in [0.2, 0.25) is 0 Å². The number of likely N-dealkylation sites (N-methyl/N-ethyl adjacent to an activating group) is 2. The standard InChI is InChI=1S/C10H24N4/c1-13(2)6-8-14(3,9-7-13)5-4-10(11)12/h4-9H2,1-3H3,(H3,11,12)/q+2/p+1. The van der Waals surface area contributed by atoms with Gasteiger partial charge in [0.25, 0.3) is 0 Å². The molecule has 1 aliphatic rings. The van der Waals surface area contributed by atoms with Gasteiger partial charge >= 0.3 is 0 Å². The number of amidine groups is 1. The summed E-state index contributed by atoms with van der Waals surface area (Å²) < 4.78 is 2.27. The van der Waals surface area contributed by atoms with Crippen molar-refractivity contribution in [2.45, 2.75) is 6.42 Å². The van der Waals surface area contributed by atoms with Crippen molar-refractivity contribution >= 4 is 5.84 Å². The average molecular weight is 201 g/mol. The average Bonchev–Trinajstić information content (AvgIpc) is 2.08. The molecule has 0 spiro atoms. The molecule has 4 N–H and O–H groups in total. The molecule has 0 aromatic carbocycles. The molecule has 1 heterocycles. The molecule has 0 aromatic rings. The van der Waals surface area contributed by atoms with Crippen LogP contribution in [0.4, 0.5) is 0 Å². The molecule has 82 valence electrons. The SMILES string of the molecule is C[N+]1(C)CC[N+](C)(CCC(N)=[NH2+])CC1. The van der Waals surface area contributed by atoms with Gasteiger partial charge in [-0.2, -0.15) is 0 Å². The first-order chi connectivity index (χ1) is 6.33. The van der Waals surface area contributed by atoms with Crippen LogP contribution < -0.4 is 11.1 Å². The van der Waals surface area contributed by atoms with Crippen LogP contribution in [0.1, 0.15) is 6.42 Å². The quantitative estimate of drug-likeness (QED) is 0.311. The Morgan fingerprint density at radius 3 is 2.07 bits per heavy atom. The van der Waals surface area contributed by atoms with E-state index in [1.807, 2.05) is 0 Å². The monoisotopic (exact) mass is 201 g/mol. The number of rotatable bonds is 3. The van der Waals surface area contributed by atoms with E-state index in [9.17, 15) is 0 Å². The Labute approximate surface area is 87.0 Å². The van der Waals surface area contributed by atoms with Gasteiger partial charge in [-0.1, -0.05) is 0 Å². The van der Waals surface area contributed by atoms with Crippen molar-refractivity contribution in [1.29, 1.82) is 0 Å². The minimum atomic E-state index is 0.573. The number of hydrogen-bond acceptors (Lipinski definition) is 0. The van der Waals surface area contributed by atoms with Crippen molar-refractivity contribution < 1.29 is 14.4 Å². The highest BCUT2D eigenvalue weighted by atomic mass is 15.4. The number of quaternary nitrogens is 2. The van der Waals surface area contributed by atoms with Crippen LogP contribution in [0.15, 0.2) is 0 Å². The lowest BCUT2D eigenvalue weighted by atomic mass is 10.2. The maximum atomic E-state index is 5.50. The Morgan fingerprint density at radius 1 is 1.14 bits per heavy atom. The van der Waals surface area contributed by atoms with Gasteiger partial charge in [0.1, 0.15) is 26.2 Å². The normalized spacial score (nSPS) is 24.5. The summed E-state index contributed by atoms with van der Waals surface area (Å²) >= 11 is 0. The van der Waals surface area contributed by atoms with E-state index in [0.717, 1.165) is 21.9 Å². The summed E-state index contributed by atoms with van der Waals surface area (Å²) in [4.78, 5) is 0. The molecule has 1 rings (SSSR count). The predicted molar refractivity (Wildman–Crippen MR) is 58.4 cm³/mol. The zero-order valence-electron chi connectivity index (χ0n) is 9.79. The summed E-state index contributed by atoms with van der Waals surface area (Å²) in [7, 11) is 6.90. The Hall–Kier alpha value is -0.610. The Morgan fingerprint density at radius 2 is 1.64 bits per heavy atom. The number of nitrogens with two attached hydrogens (primary N) is 2. The Kier molecular flexibility index (Phi) is 3.17. The number of piperazine rings is 1. The van der Waals surface area contributed by atoms with Gasteiger partial charge in [0, 0.05) is 0 Å². The second-order valence-corrected chi connectivity index (χ2v) is 5.50. The fraction of sp³-hybridized carbons (Fsp3) is 0.900. The van der Waals surface area contributed by atoms with E-state index in [2.05, 4.69) is 21.1 Å². The van der Waals surface area contributed by atoms with E-state index in [1.165, 1.54) is 26.2 Å². The highest BCUT2D eigenvalue weighted by molar-refractivity contribution is 5.73. The van der Waals surface area contributed by atoms with E-state index in [4.69, 9.17) is 11.1 Å². The molecule has 0 atom stereocenters. The molecule has 0 aliphatic carbocycles. The molecule has 0 amide bonds. The first-order valence-electron chi connectivity index (χ1n) is 5.35. The van der Waals surface area contributed by atoms with E-state index in [0.29, 0.717) is 5.84 Å². The zero-order chi connectivity index (χ0) is 10.8. The van der Waals surface area contributed by atoms with Gasteiger partial charge in [-0.25, -0.2) is 0 Å². The molecule has 1 fully saturated rings. The molecule has 14 heavy (non-hydrogen) atoms. The highest BCUT2D eigenvalue weighted by Crippen LogP contribution is 2.13. The third kappa shape index (κ3) is 3.27. The van der Waals surface area contributed by atoms with Gasteiger partial charge in [0.05, 0.1) is 34.1 Å². The summed E-state index contributed by atoms with van der Waals surface area (Å²) in [5, 5.41) is 5.50. The molecule has 1 saturated heterocycles. The van der Waals surface area contributed by atoms with Gasteiger partial charge in [0.15, 0.2) is 0 Å². The first-order valence-corrected chi connectivity index (χ1v) is 5.35. The van der Waals surface area contributed by atoms with Crippen LogP contribution in [-0.4, -0.2) is 68.7 Å². The summed E-state index contributed by atoms with van der Waals surface area (Å²) in [6.45, 7) is 6.06. The maximum Gasteiger partial charge on any atom is 0.244 e. The predicted octanol–water partition coefficient (Wildman–Crippen LogP) is -1.97. The van der Waals surface area contributed by atoms with Crippen LogP contribution in [-0.2, 0) is 0 Å². The molecular weight excluding hydrogens is 176 g/mol. The Balaban J connectivity index is 2.41. The second-order valence-electron chi connectivity index (χ2n) is 5.50. The lowest BCUT2D eigenvalue weighted by Crippen LogP contribution is -2.63. The van der Waals surface area contributed by atoms with Gasteiger partial charge in [-0.3, -0.25) is 11.1 Å². The van der Waals surface area contributed by atoms with Crippen LogP contribution in [0.5, 0.6) is 0 Å². The fourth-order valence-corrected chi connectivity index (χ4v) is 1.87. The van der Waals surface area contributed by atoms with E-state index in [1.54, 1.807) is 0 Å². The molecule has 0 aromatic heterocycles. The lowest BCUT2D eigenvalue weighted by molar-refractivity contribution is -1.01. The summed E-state index contributed by atoms with van der Waals surface area (Å²) in [6, 6.07) is 0. The summed E-state index contributed by atoms with van der Waals surface area (Å²) in [6.07, 6.45) is 0.851. The second kappa shape index (κ2) is 3.87. The van der Waals surface area contributed by atoms with E-state index < -0.39 is 0 Å². The molecule has 1 aliphatic heterocycles. The summed E-state index contributed by atoms with van der Waals surface area (Å²) in [5.74, 6) is 0.573. The fourth-order valence-electron chi connectivity index (χ4n) is 1.87. The third-order valence-corrected chi connectivity index (χ3v) is 3.43. The minimum absolute atomic E-state index is 0.573. The van der Waals surface area contributed by atoms with Crippen molar-refractivity contribution in [3.05, 3.63) is 0 Å². The topological polar surface area (TPSA) is 51.6 Å². The molecule has 0 radical (unpaired) electrons. The smallest absolute Gasteiger partial charge is 0.244 e. The van der Waals surface area contributed by atoms with Gasteiger partial charge in [0.2, 0.25) is 5.84 Å².